The number of benzene rings is 2. The van der Waals surface area contributed by atoms with Crippen molar-refractivity contribution in [1.29, 1.82) is 0 Å². The number of methoxy groups -OCH3 is 1. The monoisotopic (exact) mass is 568 g/mol. The summed E-state index contributed by atoms with van der Waals surface area (Å²) in [7, 11) is 3.33. The molecule has 4 aromatic rings. The third-order valence-corrected chi connectivity index (χ3v) is 6.92. The Morgan fingerprint density at radius 2 is 1.71 bits per heavy atom. The van der Waals surface area contributed by atoms with E-state index in [9.17, 15) is 9.59 Å². The van der Waals surface area contributed by atoms with Crippen LogP contribution in [-0.2, 0) is 27.3 Å². The number of ether oxygens (including phenoxy) is 1. The molecule has 2 amide bonds. The minimum absolute atomic E-state index is 0.159. The summed E-state index contributed by atoms with van der Waals surface area (Å²) in [5.74, 6) is -0.446. The molecule has 0 aliphatic heterocycles. The average Bonchev–Trinajstić information content (AvgIpc) is 3.02. The highest BCUT2D eigenvalue weighted by molar-refractivity contribution is 6.29. The van der Waals surface area contributed by atoms with E-state index in [4.69, 9.17) is 16.3 Å². The largest absolute Gasteiger partial charge is 0.383 e. The standard InChI is InChI=1S/C33H33ClN4O3/c1-37(19-20-41-2)33(40)30(21-25-7-4-3-5-8-25)38(32(39)17-13-26-12-16-31(34)36-22-26)24-27-10-14-28(15-11-27)29-9-6-18-35-23-29/h3-18,22-23,30H,19-21,24H2,1-2H3. The van der Waals surface area contributed by atoms with E-state index in [2.05, 4.69) is 9.97 Å². The molecule has 0 spiro atoms. The van der Waals surface area contributed by atoms with E-state index in [1.54, 1.807) is 54.6 Å². The molecule has 0 bridgehead atoms. The highest BCUT2D eigenvalue weighted by Crippen LogP contribution is 2.21. The molecule has 0 saturated carbocycles. The molecular formula is C33H33ClN4O3. The second-order valence-electron chi connectivity index (χ2n) is 9.61. The van der Waals surface area contributed by atoms with Gasteiger partial charge in [-0.1, -0.05) is 78.3 Å². The van der Waals surface area contributed by atoms with Gasteiger partial charge in [-0.05, 0) is 46.0 Å². The molecule has 4 rings (SSSR count). The number of halogens is 1. The van der Waals surface area contributed by atoms with Crippen LogP contribution in [-0.4, -0.2) is 64.9 Å². The SMILES string of the molecule is COCCN(C)C(=O)C(Cc1ccccc1)N(Cc1ccc(-c2cccnc2)cc1)C(=O)C=Cc1ccc(Cl)nc1. The minimum Gasteiger partial charge on any atom is -0.383 e. The molecular weight excluding hydrogens is 536 g/mol. The molecule has 0 saturated heterocycles. The summed E-state index contributed by atoms with van der Waals surface area (Å²) >= 11 is 5.92. The van der Waals surface area contributed by atoms with E-state index >= 15 is 0 Å². The van der Waals surface area contributed by atoms with Gasteiger partial charge in [0.15, 0.2) is 0 Å². The Labute approximate surface area is 246 Å². The van der Waals surface area contributed by atoms with E-state index in [-0.39, 0.29) is 18.4 Å². The summed E-state index contributed by atoms with van der Waals surface area (Å²) in [4.78, 5) is 39.2. The van der Waals surface area contributed by atoms with Gasteiger partial charge in [0.2, 0.25) is 11.8 Å². The number of amides is 2. The lowest BCUT2D eigenvalue weighted by atomic mass is 10.0. The molecule has 1 unspecified atom stereocenters. The Kier molecular flexibility index (Phi) is 10.8. The third kappa shape index (κ3) is 8.58. The van der Waals surface area contributed by atoms with Gasteiger partial charge in [0, 0.05) is 58.3 Å². The van der Waals surface area contributed by atoms with E-state index in [1.165, 1.54) is 6.08 Å². The van der Waals surface area contributed by atoms with Crippen molar-refractivity contribution in [3.8, 4) is 11.1 Å². The zero-order valence-corrected chi connectivity index (χ0v) is 23.9. The molecule has 0 radical (unpaired) electrons. The Hall–Kier alpha value is -4.33. The Balaban J connectivity index is 1.68. The van der Waals surface area contributed by atoms with Crippen LogP contribution in [0.15, 0.2) is 104 Å². The lowest BCUT2D eigenvalue weighted by Crippen LogP contribution is -2.51. The number of aromatic nitrogens is 2. The molecule has 0 fully saturated rings. The van der Waals surface area contributed by atoms with E-state index in [1.807, 2.05) is 72.9 Å². The molecule has 210 valence electrons. The molecule has 7 nitrogen and oxygen atoms in total. The van der Waals surface area contributed by atoms with E-state index in [0.717, 1.165) is 27.8 Å². The number of carbonyl (C=O) groups excluding carboxylic acids is 2. The molecule has 2 aromatic carbocycles. The van der Waals surface area contributed by atoms with Crippen LogP contribution in [0, 0.1) is 0 Å². The van der Waals surface area contributed by atoms with Crippen molar-refractivity contribution in [2.45, 2.75) is 19.0 Å². The first kappa shape index (κ1) is 29.6. The van der Waals surface area contributed by atoms with Crippen molar-refractivity contribution in [3.05, 3.63) is 125 Å². The first-order chi connectivity index (χ1) is 19.9. The lowest BCUT2D eigenvalue weighted by molar-refractivity contribution is -0.143. The smallest absolute Gasteiger partial charge is 0.247 e. The van der Waals surface area contributed by atoms with Gasteiger partial charge in [0.1, 0.15) is 11.2 Å². The molecule has 8 heteroatoms. The molecule has 0 aliphatic rings. The fourth-order valence-electron chi connectivity index (χ4n) is 4.38. The highest BCUT2D eigenvalue weighted by atomic mass is 35.5. The normalized spacial score (nSPS) is 11.8. The van der Waals surface area contributed by atoms with E-state index < -0.39 is 6.04 Å². The van der Waals surface area contributed by atoms with E-state index in [0.29, 0.717) is 24.7 Å². The van der Waals surface area contributed by atoms with Crippen LogP contribution in [0.2, 0.25) is 5.15 Å². The van der Waals surface area contributed by atoms with Gasteiger partial charge in [-0.15, -0.1) is 0 Å². The maximum absolute atomic E-state index is 13.9. The summed E-state index contributed by atoms with van der Waals surface area (Å²) < 4.78 is 5.20. The van der Waals surface area contributed by atoms with Gasteiger partial charge in [-0.2, -0.15) is 0 Å². The van der Waals surface area contributed by atoms with Crippen molar-refractivity contribution in [3.63, 3.8) is 0 Å². The molecule has 2 aromatic heterocycles. The van der Waals surface area contributed by atoms with Crippen molar-refractivity contribution in [2.24, 2.45) is 0 Å². The summed E-state index contributed by atoms with van der Waals surface area (Å²) in [6, 6.07) is 24.3. The first-order valence-electron chi connectivity index (χ1n) is 13.3. The van der Waals surface area contributed by atoms with Crippen LogP contribution in [0.25, 0.3) is 17.2 Å². The number of carbonyl (C=O) groups is 2. The summed E-state index contributed by atoms with van der Waals surface area (Å²) in [5.41, 5.74) is 4.61. The maximum atomic E-state index is 13.9. The summed E-state index contributed by atoms with van der Waals surface area (Å²) in [6.45, 7) is 1.05. The third-order valence-electron chi connectivity index (χ3n) is 6.69. The zero-order valence-electron chi connectivity index (χ0n) is 23.2. The van der Waals surface area contributed by atoms with Gasteiger partial charge in [0.25, 0.3) is 0 Å². The number of nitrogens with zero attached hydrogens (tertiary/aromatic N) is 4. The van der Waals surface area contributed by atoms with Gasteiger partial charge in [-0.3, -0.25) is 14.6 Å². The van der Waals surface area contributed by atoms with Gasteiger partial charge in [-0.25, -0.2) is 4.98 Å². The molecule has 0 aliphatic carbocycles. The second kappa shape index (κ2) is 14.9. The average molecular weight is 569 g/mol. The molecule has 41 heavy (non-hydrogen) atoms. The minimum atomic E-state index is -0.738. The first-order valence-corrected chi connectivity index (χ1v) is 13.7. The molecule has 1 atom stereocenters. The van der Waals surface area contributed by atoms with Crippen LogP contribution in [0.5, 0.6) is 0 Å². The van der Waals surface area contributed by atoms with Crippen LogP contribution in [0.4, 0.5) is 0 Å². The van der Waals surface area contributed by atoms with Crippen molar-refractivity contribution in [2.75, 3.05) is 27.3 Å². The van der Waals surface area contributed by atoms with Crippen molar-refractivity contribution >= 4 is 29.5 Å². The predicted molar refractivity (Wildman–Crippen MR) is 162 cm³/mol. The quantitative estimate of drug-likeness (QED) is 0.165. The summed E-state index contributed by atoms with van der Waals surface area (Å²) in [5, 5.41) is 0.373. The number of likely N-dealkylation sites (N-methyl/N-ethyl adjacent to an activating group) is 1. The summed E-state index contributed by atoms with van der Waals surface area (Å²) in [6.07, 6.45) is 8.68. The van der Waals surface area contributed by atoms with Crippen molar-refractivity contribution < 1.29 is 14.3 Å². The Morgan fingerprint density at radius 1 is 0.927 bits per heavy atom. The lowest BCUT2D eigenvalue weighted by Gasteiger charge is -2.33. The Bertz CT molecular complexity index is 1430. The highest BCUT2D eigenvalue weighted by Gasteiger charge is 2.31. The molecule has 2 heterocycles. The predicted octanol–water partition coefficient (Wildman–Crippen LogP) is 5.56. The van der Waals surface area contributed by atoms with Gasteiger partial charge < -0.3 is 14.5 Å². The topological polar surface area (TPSA) is 75.6 Å². The number of hydrogen-bond donors (Lipinski definition) is 0. The molecule has 0 N–H and O–H groups in total. The fourth-order valence-corrected chi connectivity index (χ4v) is 4.50. The second-order valence-corrected chi connectivity index (χ2v) is 10.00. The van der Waals surface area contributed by atoms with Crippen LogP contribution >= 0.6 is 11.6 Å². The van der Waals surface area contributed by atoms with Crippen LogP contribution < -0.4 is 0 Å². The van der Waals surface area contributed by atoms with Gasteiger partial charge >= 0.3 is 0 Å². The van der Waals surface area contributed by atoms with Gasteiger partial charge in [0.05, 0.1) is 6.61 Å². The van der Waals surface area contributed by atoms with Crippen LogP contribution in [0.3, 0.4) is 0 Å². The van der Waals surface area contributed by atoms with Crippen molar-refractivity contribution in [1.82, 2.24) is 19.8 Å². The number of hydrogen-bond acceptors (Lipinski definition) is 5. The number of pyridine rings is 2. The maximum Gasteiger partial charge on any atom is 0.247 e. The Morgan fingerprint density at radius 3 is 2.37 bits per heavy atom. The van der Waals surface area contributed by atoms with Crippen LogP contribution in [0.1, 0.15) is 16.7 Å². The zero-order chi connectivity index (χ0) is 29.0. The number of rotatable bonds is 12. The fraction of sp³-hybridized carbons (Fsp3) is 0.212.